The van der Waals surface area contributed by atoms with Crippen molar-refractivity contribution in [2.24, 2.45) is 0 Å². The zero-order valence-corrected chi connectivity index (χ0v) is 11.1. The Balaban J connectivity index is 1.98. The van der Waals surface area contributed by atoms with Crippen LogP contribution in [0.3, 0.4) is 0 Å². The number of benzene rings is 1. The van der Waals surface area contributed by atoms with Gasteiger partial charge in [0.15, 0.2) is 0 Å². The van der Waals surface area contributed by atoms with E-state index in [0.29, 0.717) is 0 Å². The first-order valence-electron chi connectivity index (χ1n) is 6.14. The molecule has 2 nitrogen and oxygen atoms in total. The van der Waals surface area contributed by atoms with Gasteiger partial charge >= 0.3 is 0 Å². The van der Waals surface area contributed by atoms with Crippen LogP contribution < -0.4 is 5.32 Å². The predicted octanol–water partition coefficient (Wildman–Crippen LogP) is 4.27. The molecule has 3 aromatic rings. The Morgan fingerprint density at radius 2 is 2.11 bits per heavy atom. The summed E-state index contributed by atoms with van der Waals surface area (Å²) in [4.78, 5) is 0. The summed E-state index contributed by atoms with van der Waals surface area (Å²) in [5.74, 6) is 1.94. The van der Waals surface area contributed by atoms with E-state index in [4.69, 9.17) is 4.42 Å². The van der Waals surface area contributed by atoms with Crippen LogP contribution in [0, 0.1) is 0 Å². The molecule has 3 heteroatoms. The Hall–Kier alpha value is -1.58. The van der Waals surface area contributed by atoms with Gasteiger partial charge in [0.05, 0.1) is 6.54 Å². The Bertz CT molecular complexity index is 653. The first-order valence-corrected chi connectivity index (χ1v) is 7.02. The largest absolute Gasteiger partial charge is 0.460 e. The lowest BCUT2D eigenvalue weighted by atomic mass is 10.1. The molecule has 0 radical (unpaired) electrons. The highest BCUT2D eigenvalue weighted by atomic mass is 32.1. The molecular formula is C15H15NOS. The van der Waals surface area contributed by atoms with Gasteiger partial charge in [-0.3, -0.25) is 0 Å². The van der Waals surface area contributed by atoms with Gasteiger partial charge in [-0.15, -0.1) is 11.3 Å². The van der Waals surface area contributed by atoms with Crippen molar-refractivity contribution >= 4 is 21.4 Å². The lowest BCUT2D eigenvalue weighted by molar-refractivity contribution is 0.499. The molecule has 2 aromatic heterocycles. The van der Waals surface area contributed by atoms with Crippen molar-refractivity contribution in [3.8, 4) is 11.3 Å². The molecule has 0 bridgehead atoms. The molecule has 0 spiro atoms. The maximum absolute atomic E-state index is 5.89. The molecule has 2 heterocycles. The average Bonchev–Trinajstić information content (AvgIpc) is 3.04. The molecule has 0 saturated heterocycles. The van der Waals surface area contributed by atoms with Gasteiger partial charge in [-0.1, -0.05) is 19.1 Å². The minimum absolute atomic E-state index is 0.789. The smallest absolute Gasteiger partial charge is 0.135 e. The summed E-state index contributed by atoms with van der Waals surface area (Å²) in [6.07, 6.45) is 0. The lowest BCUT2D eigenvalue weighted by Crippen LogP contribution is -2.10. The van der Waals surface area contributed by atoms with Crippen LogP contribution in [0.1, 0.15) is 12.7 Å². The van der Waals surface area contributed by atoms with Crippen LogP contribution in [-0.4, -0.2) is 6.54 Å². The van der Waals surface area contributed by atoms with Crippen molar-refractivity contribution in [2.75, 3.05) is 6.54 Å². The van der Waals surface area contributed by atoms with Gasteiger partial charge < -0.3 is 9.73 Å². The highest BCUT2D eigenvalue weighted by Gasteiger charge is 2.08. The van der Waals surface area contributed by atoms with Crippen LogP contribution in [-0.2, 0) is 6.54 Å². The quantitative estimate of drug-likeness (QED) is 0.755. The molecule has 1 aromatic carbocycles. The number of fused-ring (bicyclic) bond motifs is 1. The summed E-state index contributed by atoms with van der Waals surface area (Å²) in [6, 6.07) is 12.6. The van der Waals surface area contributed by atoms with Crippen molar-refractivity contribution in [3.63, 3.8) is 0 Å². The third kappa shape index (κ3) is 2.07. The van der Waals surface area contributed by atoms with Gasteiger partial charge in [0.25, 0.3) is 0 Å². The maximum atomic E-state index is 5.89. The highest BCUT2D eigenvalue weighted by molar-refractivity contribution is 7.17. The van der Waals surface area contributed by atoms with Gasteiger partial charge in [-0.2, -0.15) is 0 Å². The molecule has 1 N–H and O–H groups in total. The molecular weight excluding hydrogens is 242 g/mol. The van der Waals surface area contributed by atoms with Crippen LogP contribution in [0.2, 0.25) is 0 Å². The zero-order valence-electron chi connectivity index (χ0n) is 10.3. The van der Waals surface area contributed by atoms with Crippen LogP contribution >= 0.6 is 11.3 Å². The second kappa shape index (κ2) is 4.96. The average molecular weight is 257 g/mol. The number of furan rings is 1. The van der Waals surface area contributed by atoms with Crippen LogP contribution in [0.5, 0.6) is 0 Å². The molecule has 0 unspecified atom stereocenters. The molecule has 0 saturated carbocycles. The minimum atomic E-state index is 0.789. The SMILES string of the molecule is CCNCc1ccc(-c2cccc3ccsc23)o1. The van der Waals surface area contributed by atoms with Gasteiger partial charge in [0, 0.05) is 10.3 Å². The fraction of sp³-hybridized carbons (Fsp3) is 0.200. The third-order valence-corrected chi connectivity index (χ3v) is 3.92. The van der Waals surface area contributed by atoms with E-state index in [-0.39, 0.29) is 0 Å². The monoisotopic (exact) mass is 257 g/mol. The topological polar surface area (TPSA) is 25.2 Å². The Labute approximate surface area is 110 Å². The molecule has 0 amide bonds. The Morgan fingerprint density at radius 3 is 3.00 bits per heavy atom. The second-order valence-corrected chi connectivity index (χ2v) is 5.11. The predicted molar refractivity (Wildman–Crippen MR) is 76.9 cm³/mol. The van der Waals surface area contributed by atoms with E-state index in [1.807, 2.05) is 6.07 Å². The summed E-state index contributed by atoms with van der Waals surface area (Å²) < 4.78 is 7.19. The van der Waals surface area contributed by atoms with E-state index < -0.39 is 0 Å². The highest BCUT2D eigenvalue weighted by Crippen LogP contribution is 2.33. The summed E-state index contributed by atoms with van der Waals surface area (Å²) in [5, 5.41) is 6.67. The zero-order chi connectivity index (χ0) is 12.4. The molecule has 18 heavy (non-hydrogen) atoms. The van der Waals surface area contributed by atoms with Crippen molar-refractivity contribution in [1.82, 2.24) is 5.32 Å². The number of hydrogen-bond acceptors (Lipinski definition) is 3. The molecule has 0 aliphatic carbocycles. The van der Waals surface area contributed by atoms with Crippen molar-refractivity contribution in [3.05, 3.63) is 47.5 Å². The van der Waals surface area contributed by atoms with Crippen LogP contribution in [0.25, 0.3) is 21.4 Å². The number of nitrogens with one attached hydrogen (secondary N) is 1. The van der Waals surface area contributed by atoms with Gasteiger partial charge in [-0.25, -0.2) is 0 Å². The van der Waals surface area contributed by atoms with E-state index >= 15 is 0 Å². The molecule has 92 valence electrons. The van der Waals surface area contributed by atoms with Crippen molar-refractivity contribution in [1.29, 1.82) is 0 Å². The third-order valence-electron chi connectivity index (χ3n) is 2.96. The van der Waals surface area contributed by atoms with Gasteiger partial charge in [0.1, 0.15) is 11.5 Å². The van der Waals surface area contributed by atoms with Gasteiger partial charge in [0.2, 0.25) is 0 Å². The summed E-state index contributed by atoms with van der Waals surface area (Å²) >= 11 is 1.76. The van der Waals surface area contributed by atoms with E-state index in [9.17, 15) is 0 Å². The van der Waals surface area contributed by atoms with E-state index in [1.54, 1.807) is 11.3 Å². The number of thiophene rings is 1. The number of rotatable bonds is 4. The van der Waals surface area contributed by atoms with Gasteiger partial charge in [-0.05, 0) is 41.6 Å². The standard InChI is InChI=1S/C15H15NOS/c1-2-16-10-12-6-7-14(17-12)13-5-3-4-11-8-9-18-15(11)13/h3-9,16H,2,10H2,1H3. The number of hydrogen-bond donors (Lipinski definition) is 1. The molecule has 0 aliphatic rings. The van der Waals surface area contributed by atoms with Crippen LogP contribution in [0.4, 0.5) is 0 Å². The van der Waals surface area contributed by atoms with Crippen molar-refractivity contribution in [2.45, 2.75) is 13.5 Å². The molecule has 0 aliphatic heterocycles. The lowest BCUT2D eigenvalue weighted by Gasteiger charge is -2.00. The maximum Gasteiger partial charge on any atom is 0.135 e. The van der Waals surface area contributed by atoms with E-state index in [0.717, 1.165) is 24.6 Å². The molecule has 0 atom stereocenters. The summed E-state index contributed by atoms with van der Waals surface area (Å²) in [6.45, 7) is 3.84. The first kappa shape index (κ1) is 11.5. The molecule has 3 rings (SSSR count). The van der Waals surface area contributed by atoms with E-state index in [2.05, 4.69) is 48.0 Å². The van der Waals surface area contributed by atoms with Crippen LogP contribution in [0.15, 0.2) is 46.2 Å². The second-order valence-electron chi connectivity index (χ2n) is 4.19. The fourth-order valence-electron chi connectivity index (χ4n) is 2.05. The minimum Gasteiger partial charge on any atom is -0.460 e. The Morgan fingerprint density at radius 1 is 1.17 bits per heavy atom. The fourth-order valence-corrected chi connectivity index (χ4v) is 2.97. The van der Waals surface area contributed by atoms with Crippen molar-refractivity contribution < 1.29 is 4.42 Å². The normalized spacial score (nSPS) is 11.2. The summed E-state index contributed by atoms with van der Waals surface area (Å²) in [5.41, 5.74) is 1.19. The summed E-state index contributed by atoms with van der Waals surface area (Å²) in [7, 11) is 0. The Kier molecular flexibility index (Phi) is 3.17. The van der Waals surface area contributed by atoms with E-state index in [1.165, 1.54) is 15.6 Å². The first-order chi connectivity index (χ1) is 8.88. The molecule has 0 fully saturated rings.